The number of aromatic nitrogens is 2. The fourth-order valence-corrected chi connectivity index (χ4v) is 3.28. The summed E-state index contributed by atoms with van der Waals surface area (Å²) in [5.74, 6) is -2.23. The topological polar surface area (TPSA) is 58.6 Å². The van der Waals surface area contributed by atoms with E-state index in [0.29, 0.717) is 37.7 Å². The van der Waals surface area contributed by atoms with Gasteiger partial charge in [-0.1, -0.05) is 0 Å². The monoisotopic (exact) mass is 340 g/mol. The molecule has 1 atom stereocenters. The summed E-state index contributed by atoms with van der Waals surface area (Å²) in [4.78, 5) is 23.8. The number of aryl methyl sites for hydroxylation is 1. The summed E-state index contributed by atoms with van der Waals surface area (Å²) in [6.45, 7) is 5.06. The molecule has 1 amide bonds. The Morgan fingerprint density at radius 2 is 2.04 bits per heavy atom. The number of halogens is 2. The Morgan fingerprint density at radius 3 is 2.67 bits per heavy atom. The molecule has 0 saturated carbocycles. The second kappa shape index (κ2) is 6.68. The molecule has 0 radical (unpaired) electrons. The Hall–Kier alpha value is -1.67. The molecule has 0 bridgehead atoms. The molecule has 0 N–H and O–H groups in total. The standard InChI is InChI=1S/C16H22F2N4O2/c1-3-24-9-13-4-16(17,18)10-22(13)14-7-21(8-14)15(23)12-5-19-11(2)20-6-12/h5-6,13-14H,3-4,7-10H2,1-2H3/t13-/m0/s1. The van der Waals surface area contributed by atoms with Gasteiger partial charge in [-0.2, -0.15) is 0 Å². The molecule has 0 unspecified atom stereocenters. The minimum Gasteiger partial charge on any atom is -0.380 e. The van der Waals surface area contributed by atoms with Gasteiger partial charge in [0.25, 0.3) is 11.8 Å². The van der Waals surface area contributed by atoms with Gasteiger partial charge in [0.1, 0.15) is 5.82 Å². The van der Waals surface area contributed by atoms with Gasteiger partial charge in [-0.3, -0.25) is 9.69 Å². The van der Waals surface area contributed by atoms with E-state index in [1.165, 1.54) is 12.4 Å². The molecule has 6 nitrogen and oxygen atoms in total. The third-order valence-electron chi connectivity index (χ3n) is 4.58. The maximum absolute atomic E-state index is 13.8. The first kappa shape index (κ1) is 17.2. The number of carbonyl (C=O) groups is 1. The summed E-state index contributed by atoms with van der Waals surface area (Å²) in [5, 5.41) is 0. The predicted molar refractivity (Wildman–Crippen MR) is 83.0 cm³/mol. The van der Waals surface area contributed by atoms with Crippen molar-refractivity contribution in [3.63, 3.8) is 0 Å². The highest BCUT2D eigenvalue weighted by molar-refractivity contribution is 5.94. The zero-order valence-corrected chi connectivity index (χ0v) is 13.9. The molecule has 3 heterocycles. The van der Waals surface area contributed by atoms with Gasteiger partial charge in [0.2, 0.25) is 0 Å². The van der Waals surface area contributed by atoms with Crippen molar-refractivity contribution in [2.24, 2.45) is 0 Å². The van der Waals surface area contributed by atoms with Crippen LogP contribution in [0.1, 0.15) is 29.5 Å². The lowest BCUT2D eigenvalue weighted by Crippen LogP contribution is -2.62. The lowest BCUT2D eigenvalue weighted by molar-refractivity contribution is -0.0148. The molecule has 24 heavy (non-hydrogen) atoms. The van der Waals surface area contributed by atoms with Gasteiger partial charge in [0, 0.05) is 50.6 Å². The van der Waals surface area contributed by atoms with Gasteiger partial charge >= 0.3 is 0 Å². The van der Waals surface area contributed by atoms with Gasteiger partial charge in [0.15, 0.2) is 0 Å². The van der Waals surface area contributed by atoms with Crippen molar-refractivity contribution in [3.05, 3.63) is 23.8 Å². The van der Waals surface area contributed by atoms with E-state index < -0.39 is 5.92 Å². The van der Waals surface area contributed by atoms with E-state index in [9.17, 15) is 13.6 Å². The molecular weight excluding hydrogens is 318 g/mol. The number of ether oxygens (including phenoxy) is 1. The smallest absolute Gasteiger partial charge is 0.262 e. The van der Waals surface area contributed by atoms with Crippen LogP contribution in [0.15, 0.2) is 12.4 Å². The van der Waals surface area contributed by atoms with E-state index in [0.717, 1.165) is 0 Å². The summed E-state index contributed by atoms with van der Waals surface area (Å²) < 4.78 is 32.9. The van der Waals surface area contributed by atoms with Crippen LogP contribution in [-0.4, -0.2) is 76.5 Å². The van der Waals surface area contributed by atoms with Gasteiger partial charge in [-0.15, -0.1) is 0 Å². The first-order chi connectivity index (χ1) is 11.4. The summed E-state index contributed by atoms with van der Waals surface area (Å²) >= 11 is 0. The Morgan fingerprint density at radius 1 is 1.38 bits per heavy atom. The molecule has 2 aliphatic heterocycles. The van der Waals surface area contributed by atoms with E-state index in [1.54, 1.807) is 16.7 Å². The first-order valence-electron chi connectivity index (χ1n) is 8.19. The van der Waals surface area contributed by atoms with Crippen molar-refractivity contribution in [3.8, 4) is 0 Å². The molecule has 0 spiro atoms. The number of amides is 1. The van der Waals surface area contributed by atoms with Crippen molar-refractivity contribution in [2.75, 3.05) is 32.8 Å². The number of hydrogen-bond acceptors (Lipinski definition) is 5. The zero-order chi connectivity index (χ0) is 17.3. The van der Waals surface area contributed by atoms with E-state index in [1.807, 2.05) is 6.92 Å². The average molecular weight is 340 g/mol. The first-order valence-corrected chi connectivity index (χ1v) is 8.19. The van der Waals surface area contributed by atoms with Crippen LogP contribution in [-0.2, 0) is 4.74 Å². The summed E-state index contributed by atoms with van der Waals surface area (Å²) in [5.41, 5.74) is 0.427. The fourth-order valence-electron chi connectivity index (χ4n) is 3.28. The van der Waals surface area contributed by atoms with Crippen molar-refractivity contribution in [2.45, 2.75) is 38.3 Å². The fraction of sp³-hybridized carbons (Fsp3) is 0.688. The van der Waals surface area contributed by atoms with Gasteiger partial charge in [0.05, 0.1) is 18.7 Å². The molecule has 8 heteroatoms. The molecule has 1 aromatic heterocycles. The van der Waals surface area contributed by atoms with Crippen molar-refractivity contribution < 1.29 is 18.3 Å². The van der Waals surface area contributed by atoms with Gasteiger partial charge in [-0.25, -0.2) is 18.7 Å². The number of hydrogen-bond donors (Lipinski definition) is 0. The van der Waals surface area contributed by atoms with Crippen LogP contribution in [0.2, 0.25) is 0 Å². The molecule has 132 valence electrons. The molecule has 0 aliphatic carbocycles. The molecule has 2 fully saturated rings. The van der Waals surface area contributed by atoms with Crippen LogP contribution >= 0.6 is 0 Å². The highest BCUT2D eigenvalue weighted by Crippen LogP contribution is 2.35. The van der Waals surface area contributed by atoms with Crippen LogP contribution in [0.5, 0.6) is 0 Å². The predicted octanol–water partition coefficient (Wildman–Crippen LogP) is 1.36. The van der Waals surface area contributed by atoms with E-state index >= 15 is 0 Å². The number of rotatable bonds is 5. The molecule has 0 aromatic carbocycles. The highest BCUT2D eigenvalue weighted by Gasteiger charge is 2.50. The normalized spacial score (nSPS) is 24.2. The molecule has 1 aromatic rings. The van der Waals surface area contributed by atoms with E-state index in [2.05, 4.69) is 9.97 Å². The number of nitrogens with zero attached hydrogens (tertiary/aromatic N) is 4. The minimum atomic E-state index is -2.68. The third kappa shape index (κ3) is 3.54. The van der Waals surface area contributed by atoms with Crippen molar-refractivity contribution in [1.29, 1.82) is 0 Å². The number of alkyl halides is 2. The molecule has 3 rings (SSSR count). The van der Waals surface area contributed by atoms with Crippen LogP contribution in [0.4, 0.5) is 8.78 Å². The Labute approximate surface area is 139 Å². The molecule has 2 aliphatic rings. The van der Waals surface area contributed by atoms with Gasteiger partial charge < -0.3 is 9.64 Å². The maximum atomic E-state index is 13.8. The largest absolute Gasteiger partial charge is 0.380 e. The average Bonchev–Trinajstić information content (AvgIpc) is 2.79. The van der Waals surface area contributed by atoms with Crippen LogP contribution in [0, 0.1) is 6.92 Å². The second-order valence-electron chi connectivity index (χ2n) is 6.43. The van der Waals surface area contributed by atoms with Crippen molar-refractivity contribution >= 4 is 5.91 Å². The van der Waals surface area contributed by atoms with Crippen molar-refractivity contribution in [1.82, 2.24) is 19.8 Å². The Balaban J connectivity index is 1.58. The van der Waals surface area contributed by atoms with E-state index in [4.69, 9.17) is 4.74 Å². The van der Waals surface area contributed by atoms with Crippen LogP contribution in [0.3, 0.4) is 0 Å². The van der Waals surface area contributed by atoms with Gasteiger partial charge in [-0.05, 0) is 13.8 Å². The lowest BCUT2D eigenvalue weighted by atomic mass is 10.0. The molecular formula is C16H22F2N4O2. The van der Waals surface area contributed by atoms with Crippen LogP contribution < -0.4 is 0 Å². The molecule has 2 saturated heterocycles. The second-order valence-corrected chi connectivity index (χ2v) is 6.43. The third-order valence-corrected chi connectivity index (χ3v) is 4.58. The SMILES string of the molecule is CCOC[C@@H]1CC(F)(F)CN1C1CN(C(=O)c2cnc(C)nc2)C1. The maximum Gasteiger partial charge on any atom is 0.262 e. The summed E-state index contributed by atoms with van der Waals surface area (Å²) in [7, 11) is 0. The zero-order valence-electron chi connectivity index (χ0n) is 13.9. The Kier molecular flexibility index (Phi) is 4.78. The quantitative estimate of drug-likeness (QED) is 0.810. The Bertz CT molecular complexity index is 590. The number of carbonyl (C=O) groups excluding carboxylic acids is 1. The minimum absolute atomic E-state index is 0.0425. The van der Waals surface area contributed by atoms with Crippen LogP contribution in [0.25, 0.3) is 0 Å². The summed E-state index contributed by atoms with van der Waals surface area (Å²) in [6, 6.07) is -0.330. The highest BCUT2D eigenvalue weighted by atomic mass is 19.3. The summed E-state index contributed by atoms with van der Waals surface area (Å²) in [6.07, 6.45) is 2.82. The lowest BCUT2D eigenvalue weighted by Gasteiger charge is -2.45. The van der Waals surface area contributed by atoms with E-state index in [-0.39, 0.29) is 31.0 Å². The number of likely N-dealkylation sites (tertiary alicyclic amines) is 2.